The fourth-order valence-corrected chi connectivity index (χ4v) is 9.84. The van der Waals surface area contributed by atoms with Gasteiger partial charge in [0.1, 0.15) is 6.10 Å². The molecule has 0 spiro atoms. The number of rotatable bonds is 8. The summed E-state index contributed by atoms with van der Waals surface area (Å²) in [5, 5.41) is 24.1. The maximum Gasteiger partial charge on any atom is 0.274 e. The van der Waals surface area contributed by atoms with E-state index in [1.54, 1.807) is 0 Å². The smallest absolute Gasteiger partial charge is 0.274 e. The van der Waals surface area contributed by atoms with Crippen LogP contribution >= 0.6 is 0 Å². The quantitative estimate of drug-likeness (QED) is 0.268. The van der Waals surface area contributed by atoms with Gasteiger partial charge in [0.15, 0.2) is 0 Å². The van der Waals surface area contributed by atoms with Crippen LogP contribution in [0.15, 0.2) is 0 Å². The molecule has 0 bridgehead atoms. The van der Waals surface area contributed by atoms with Crippen molar-refractivity contribution in [1.82, 2.24) is 5.32 Å². The highest BCUT2D eigenvalue weighted by molar-refractivity contribution is 7.85. The average Bonchev–Trinajstić information content (AvgIpc) is 3.13. The maximum absolute atomic E-state index is 14.7. The van der Waals surface area contributed by atoms with Crippen LogP contribution in [0.3, 0.4) is 0 Å². The summed E-state index contributed by atoms with van der Waals surface area (Å²) in [6.45, 7) is 6.66. The minimum atomic E-state index is -4.03. The maximum atomic E-state index is 14.7. The number of nitrogens with one attached hydrogen (secondary N) is 1. The van der Waals surface area contributed by atoms with Crippen molar-refractivity contribution >= 4 is 16.0 Å². The molecule has 0 aromatic rings. The van der Waals surface area contributed by atoms with Gasteiger partial charge in [0.05, 0.1) is 11.9 Å². The SMILES string of the molecule is C[C@H](CCC(=O)NCCCS(=O)(=O)O)[C@H]1CC[C@H]2[C@@H]3[C@@H](O)C[C@@H]4C[C@@H](O)C(F)(F)C[C@]4(C)[C@H]3CC[C@]12C. The van der Waals surface area contributed by atoms with Crippen LogP contribution in [-0.2, 0) is 14.9 Å². The number of carbonyl (C=O) groups is 1. The second-order valence-corrected chi connectivity index (χ2v) is 14.8. The van der Waals surface area contributed by atoms with Gasteiger partial charge in [0.25, 0.3) is 16.0 Å². The number of halogens is 2. The highest BCUT2D eigenvalue weighted by atomic mass is 32.2. The monoisotopic (exact) mass is 549 g/mol. The predicted octanol–water partition coefficient (Wildman–Crippen LogP) is 4.03. The number of hydrogen-bond donors (Lipinski definition) is 4. The molecular weight excluding hydrogens is 504 g/mol. The molecule has 7 nitrogen and oxygen atoms in total. The van der Waals surface area contributed by atoms with Gasteiger partial charge in [0.2, 0.25) is 5.91 Å². The van der Waals surface area contributed by atoms with E-state index < -0.39 is 33.7 Å². The molecule has 10 heteroatoms. The molecule has 0 radical (unpaired) electrons. The Hall–Kier alpha value is -0.840. The van der Waals surface area contributed by atoms with E-state index in [1.807, 2.05) is 6.92 Å². The zero-order valence-electron chi connectivity index (χ0n) is 22.3. The topological polar surface area (TPSA) is 124 Å². The molecule has 10 atom stereocenters. The van der Waals surface area contributed by atoms with Crippen molar-refractivity contribution < 1.29 is 36.8 Å². The van der Waals surface area contributed by atoms with E-state index in [1.165, 1.54) is 0 Å². The molecule has 4 aliphatic rings. The van der Waals surface area contributed by atoms with E-state index in [-0.39, 0.29) is 72.5 Å². The first-order chi connectivity index (χ1) is 17.1. The summed E-state index contributed by atoms with van der Waals surface area (Å²) < 4.78 is 59.8. The third-order valence-electron chi connectivity index (χ3n) is 11.2. The highest BCUT2D eigenvalue weighted by Crippen LogP contribution is 2.69. The van der Waals surface area contributed by atoms with Crippen molar-refractivity contribution in [2.24, 2.45) is 46.3 Å². The van der Waals surface area contributed by atoms with Crippen molar-refractivity contribution in [3.63, 3.8) is 0 Å². The van der Waals surface area contributed by atoms with Crippen LogP contribution in [0, 0.1) is 46.3 Å². The van der Waals surface area contributed by atoms with Gasteiger partial charge in [0, 0.05) is 19.4 Å². The van der Waals surface area contributed by atoms with Crippen molar-refractivity contribution in [3.05, 3.63) is 0 Å². The molecule has 4 N–H and O–H groups in total. The summed E-state index contributed by atoms with van der Waals surface area (Å²) in [5.74, 6) is -2.72. The Kier molecular flexibility index (Phi) is 8.10. The van der Waals surface area contributed by atoms with E-state index in [9.17, 15) is 32.2 Å². The van der Waals surface area contributed by atoms with E-state index >= 15 is 0 Å². The first-order valence-corrected chi connectivity index (χ1v) is 15.7. The Morgan fingerprint density at radius 3 is 2.43 bits per heavy atom. The molecule has 0 unspecified atom stereocenters. The van der Waals surface area contributed by atoms with Crippen molar-refractivity contribution in [2.75, 3.05) is 12.3 Å². The highest BCUT2D eigenvalue weighted by Gasteiger charge is 2.66. The molecule has 0 heterocycles. The van der Waals surface area contributed by atoms with Crippen molar-refractivity contribution in [1.29, 1.82) is 0 Å². The first-order valence-electron chi connectivity index (χ1n) is 14.0. The van der Waals surface area contributed by atoms with Crippen LogP contribution in [-0.4, -0.2) is 59.5 Å². The van der Waals surface area contributed by atoms with Crippen molar-refractivity contribution in [2.45, 2.75) is 103 Å². The standard InChI is InChI=1S/C27H45F2NO6S/c1-16(5-8-23(33)30-11-4-12-37(34,35)36)18-6-7-19-24-20(9-10-25(18,19)2)26(3)15-27(28,29)22(32)14-17(26)13-21(24)31/h16-22,24,31-32H,4-15H2,1-3H3,(H,30,33)(H,34,35,36)/t16-,17-,18-,19+,20+,21+,22-,24+,25-,26+/m1/s1. The minimum Gasteiger partial charge on any atom is -0.393 e. The summed E-state index contributed by atoms with van der Waals surface area (Å²) in [6.07, 6.45) is 3.00. The van der Waals surface area contributed by atoms with E-state index in [0.717, 1.165) is 25.7 Å². The molecule has 4 fully saturated rings. The Morgan fingerprint density at radius 2 is 1.76 bits per heavy atom. The number of hydrogen-bond acceptors (Lipinski definition) is 5. The molecule has 0 aliphatic heterocycles. The van der Waals surface area contributed by atoms with Crippen LogP contribution in [0.4, 0.5) is 8.78 Å². The van der Waals surface area contributed by atoms with Gasteiger partial charge in [-0.05, 0) is 97.7 Å². The molecule has 4 rings (SSSR count). The summed E-state index contributed by atoms with van der Waals surface area (Å²) in [5.41, 5.74) is -0.585. The molecule has 0 aromatic heterocycles. The second kappa shape index (κ2) is 10.3. The molecule has 0 aromatic carbocycles. The molecule has 1 amide bonds. The number of aliphatic hydroxyl groups is 2. The fraction of sp³-hybridized carbons (Fsp3) is 0.963. The first kappa shape index (κ1) is 29.2. The number of fused-ring (bicyclic) bond motifs is 5. The lowest BCUT2D eigenvalue weighted by Gasteiger charge is -2.63. The fourth-order valence-electron chi connectivity index (χ4n) is 9.34. The van der Waals surface area contributed by atoms with Gasteiger partial charge in [-0.3, -0.25) is 9.35 Å². The van der Waals surface area contributed by atoms with Crippen molar-refractivity contribution in [3.8, 4) is 0 Å². The number of amides is 1. The van der Waals surface area contributed by atoms with Gasteiger partial charge < -0.3 is 15.5 Å². The van der Waals surface area contributed by atoms with E-state index in [4.69, 9.17) is 4.55 Å². The van der Waals surface area contributed by atoms with Crippen LogP contribution in [0.25, 0.3) is 0 Å². The Labute approximate surface area is 219 Å². The zero-order chi connectivity index (χ0) is 27.4. The van der Waals surface area contributed by atoms with E-state index in [0.29, 0.717) is 25.2 Å². The Morgan fingerprint density at radius 1 is 1.08 bits per heavy atom. The summed E-state index contributed by atoms with van der Waals surface area (Å²) >= 11 is 0. The molecule has 0 saturated heterocycles. The second-order valence-electron chi connectivity index (χ2n) is 13.2. The van der Waals surface area contributed by atoms with Gasteiger partial charge in [-0.1, -0.05) is 20.8 Å². The summed E-state index contributed by atoms with van der Waals surface area (Å²) in [4.78, 5) is 12.3. The molecule has 37 heavy (non-hydrogen) atoms. The molecular formula is C27H45F2NO6S. The van der Waals surface area contributed by atoms with Crippen LogP contribution < -0.4 is 5.32 Å². The zero-order valence-corrected chi connectivity index (χ0v) is 23.2. The van der Waals surface area contributed by atoms with Crippen LogP contribution in [0.5, 0.6) is 0 Å². The van der Waals surface area contributed by atoms with Gasteiger partial charge >= 0.3 is 0 Å². The lowest BCUT2D eigenvalue weighted by atomic mass is 9.43. The third kappa shape index (κ3) is 5.59. The Bertz CT molecular complexity index is 963. The van der Waals surface area contributed by atoms with Gasteiger partial charge in [-0.15, -0.1) is 0 Å². The van der Waals surface area contributed by atoms with Gasteiger partial charge in [-0.2, -0.15) is 8.42 Å². The average molecular weight is 550 g/mol. The van der Waals surface area contributed by atoms with E-state index in [2.05, 4.69) is 19.2 Å². The predicted molar refractivity (Wildman–Crippen MR) is 135 cm³/mol. The largest absolute Gasteiger partial charge is 0.393 e. The minimum absolute atomic E-state index is 0.00524. The lowest BCUT2D eigenvalue weighted by Crippen LogP contribution is -2.62. The third-order valence-corrected chi connectivity index (χ3v) is 12.0. The summed E-state index contributed by atoms with van der Waals surface area (Å²) in [7, 11) is -4.03. The van der Waals surface area contributed by atoms with Crippen LogP contribution in [0.2, 0.25) is 0 Å². The lowest BCUT2D eigenvalue weighted by molar-refractivity contribution is -0.236. The summed E-state index contributed by atoms with van der Waals surface area (Å²) in [6, 6.07) is 0. The Balaban J connectivity index is 1.38. The van der Waals surface area contributed by atoms with Crippen LogP contribution in [0.1, 0.15) is 85.0 Å². The normalized spacial score (nSPS) is 43.8. The molecule has 4 aliphatic carbocycles. The number of alkyl halides is 2. The molecule has 214 valence electrons. The van der Waals surface area contributed by atoms with Gasteiger partial charge in [-0.25, -0.2) is 8.78 Å². The number of aliphatic hydroxyl groups excluding tert-OH is 2. The molecule has 4 saturated carbocycles. The number of carbonyl (C=O) groups excluding carboxylic acids is 1.